The van der Waals surface area contributed by atoms with E-state index in [4.69, 9.17) is 0 Å². The van der Waals surface area contributed by atoms with Gasteiger partial charge in [0.15, 0.2) is 0 Å². The van der Waals surface area contributed by atoms with Crippen molar-refractivity contribution in [2.75, 3.05) is 40.3 Å². The molecule has 1 atom stereocenters. The van der Waals surface area contributed by atoms with Crippen LogP contribution >= 0.6 is 0 Å². The molecule has 1 aliphatic rings. The lowest BCUT2D eigenvalue weighted by Gasteiger charge is -2.36. The van der Waals surface area contributed by atoms with E-state index in [1.54, 1.807) is 0 Å². The number of nitrogens with one attached hydrogen (secondary N) is 2. The third-order valence-corrected chi connectivity index (χ3v) is 4.81. The van der Waals surface area contributed by atoms with Crippen LogP contribution in [-0.2, 0) is 9.59 Å². The number of piperidine rings is 1. The molecule has 0 aromatic carbocycles. The van der Waals surface area contributed by atoms with Crippen LogP contribution in [0.5, 0.6) is 0 Å². The molecule has 26 heavy (non-hydrogen) atoms. The number of carbonyl (C=O) groups is 2. The van der Waals surface area contributed by atoms with Gasteiger partial charge < -0.3 is 15.5 Å². The average molecular weight is 369 g/mol. The molecule has 1 rings (SSSR count). The summed E-state index contributed by atoms with van der Waals surface area (Å²) >= 11 is 0. The zero-order valence-corrected chi connectivity index (χ0v) is 18.1. The van der Waals surface area contributed by atoms with Crippen LogP contribution in [0.4, 0.5) is 0 Å². The van der Waals surface area contributed by atoms with Crippen molar-refractivity contribution in [1.82, 2.24) is 20.4 Å². The molecule has 152 valence electrons. The third kappa shape index (κ3) is 8.04. The highest BCUT2D eigenvalue weighted by atomic mass is 16.2. The Labute approximate surface area is 160 Å². The first-order valence-corrected chi connectivity index (χ1v) is 9.79. The van der Waals surface area contributed by atoms with Gasteiger partial charge in [-0.1, -0.05) is 13.8 Å². The first-order valence-electron chi connectivity index (χ1n) is 9.79. The summed E-state index contributed by atoms with van der Waals surface area (Å²) in [7, 11) is 4.10. The van der Waals surface area contributed by atoms with Crippen molar-refractivity contribution in [3.63, 3.8) is 0 Å². The molecule has 0 radical (unpaired) electrons. The maximum absolute atomic E-state index is 12.5. The zero-order valence-electron chi connectivity index (χ0n) is 18.1. The number of nitrogens with zero attached hydrogens (tertiary/aromatic N) is 2. The van der Waals surface area contributed by atoms with E-state index < -0.39 is 0 Å². The molecule has 0 aliphatic carbocycles. The highest BCUT2D eigenvalue weighted by Crippen LogP contribution is 2.21. The second-order valence-corrected chi connectivity index (χ2v) is 9.85. The van der Waals surface area contributed by atoms with E-state index in [0.717, 1.165) is 32.5 Å². The molecule has 0 bridgehead atoms. The number of amides is 2. The Hall–Kier alpha value is -1.14. The van der Waals surface area contributed by atoms with Crippen molar-refractivity contribution in [1.29, 1.82) is 0 Å². The summed E-state index contributed by atoms with van der Waals surface area (Å²) in [6, 6.07) is -0.155. The minimum absolute atomic E-state index is 0.0549. The number of carbonyl (C=O) groups excluding carboxylic acids is 2. The van der Waals surface area contributed by atoms with Crippen LogP contribution in [0.3, 0.4) is 0 Å². The molecule has 1 heterocycles. The largest absolute Gasteiger partial charge is 0.355 e. The summed E-state index contributed by atoms with van der Waals surface area (Å²) in [5.74, 6) is 0.272. The van der Waals surface area contributed by atoms with Crippen LogP contribution in [-0.4, -0.2) is 73.5 Å². The molecular weight excluding hydrogens is 328 g/mol. The molecule has 6 nitrogen and oxygen atoms in total. The Morgan fingerprint density at radius 3 is 2.12 bits per heavy atom. The van der Waals surface area contributed by atoms with Gasteiger partial charge in [-0.25, -0.2) is 0 Å². The molecular formula is C20H40N4O2. The smallest absolute Gasteiger partial charge is 0.237 e. The van der Waals surface area contributed by atoms with Crippen molar-refractivity contribution in [2.45, 2.75) is 66.0 Å². The van der Waals surface area contributed by atoms with Crippen LogP contribution in [0.15, 0.2) is 0 Å². The van der Waals surface area contributed by atoms with E-state index >= 15 is 0 Å². The Balaban J connectivity index is 2.43. The van der Waals surface area contributed by atoms with Crippen LogP contribution in [0.2, 0.25) is 0 Å². The number of likely N-dealkylation sites (tertiary alicyclic amines) is 1. The third-order valence-electron chi connectivity index (χ3n) is 4.81. The Morgan fingerprint density at radius 1 is 1.12 bits per heavy atom. The Bertz CT molecular complexity index is 475. The van der Waals surface area contributed by atoms with Gasteiger partial charge in [0.2, 0.25) is 11.8 Å². The molecule has 1 fully saturated rings. The highest BCUT2D eigenvalue weighted by molar-refractivity contribution is 5.82. The van der Waals surface area contributed by atoms with Crippen molar-refractivity contribution in [3.8, 4) is 0 Å². The van der Waals surface area contributed by atoms with Crippen LogP contribution in [0.25, 0.3) is 0 Å². The lowest BCUT2D eigenvalue weighted by Crippen LogP contribution is -2.53. The summed E-state index contributed by atoms with van der Waals surface area (Å²) in [5, 5.41) is 6.17. The van der Waals surface area contributed by atoms with Gasteiger partial charge in [-0.2, -0.15) is 0 Å². The van der Waals surface area contributed by atoms with E-state index in [1.165, 1.54) is 0 Å². The molecule has 0 saturated carbocycles. The number of rotatable bonds is 7. The van der Waals surface area contributed by atoms with Gasteiger partial charge in [0.05, 0.1) is 6.04 Å². The van der Waals surface area contributed by atoms with Crippen LogP contribution < -0.4 is 10.6 Å². The second kappa shape index (κ2) is 9.18. The van der Waals surface area contributed by atoms with Crippen molar-refractivity contribution in [3.05, 3.63) is 0 Å². The monoisotopic (exact) mass is 368 g/mol. The fourth-order valence-electron chi connectivity index (χ4n) is 3.57. The summed E-state index contributed by atoms with van der Waals surface area (Å²) < 4.78 is 0. The normalized spacial score (nSPS) is 18.7. The van der Waals surface area contributed by atoms with Crippen LogP contribution in [0.1, 0.15) is 54.4 Å². The van der Waals surface area contributed by atoms with Gasteiger partial charge in [0.25, 0.3) is 0 Å². The molecule has 1 saturated heterocycles. The van der Waals surface area contributed by atoms with Gasteiger partial charge >= 0.3 is 0 Å². The Morgan fingerprint density at radius 2 is 1.65 bits per heavy atom. The second-order valence-electron chi connectivity index (χ2n) is 9.85. The average Bonchev–Trinajstić information content (AvgIpc) is 2.49. The molecule has 2 amide bonds. The van der Waals surface area contributed by atoms with Gasteiger partial charge in [-0.3, -0.25) is 14.5 Å². The number of hydrogen-bond donors (Lipinski definition) is 2. The van der Waals surface area contributed by atoms with Gasteiger partial charge in [-0.05, 0) is 73.1 Å². The molecule has 1 aliphatic heterocycles. The van der Waals surface area contributed by atoms with E-state index in [1.807, 2.05) is 27.7 Å². The fraction of sp³-hybridized carbons (Fsp3) is 0.900. The lowest BCUT2D eigenvalue weighted by molar-refractivity contribution is -0.129. The van der Waals surface area contributed by atoms with E-state index in [9.17, 15) is 9.59 Å². The SMILES string of the molecule is C[C@@H](C(=O)NC(C)(C)C)N1CCC(C(=O)NCC(C)(C)CN(C)C)CC1. The predicted molar refractivity (Wildman–Crippen MR) is 107 cm³/mol. The first kappa shape index (κ1) is 22.9. The van der Waals surface area contributed by atoms with Crippen LogP contribution in [0, 0.1) is 11.3 Å². The van der Waals surface area contributed by atoms with Crippen molar-refractivity contribution in [2.24, 2.45) is 11.3 Å². The fourth-order valence-corrected chi connectivity index (χ4v) is 3.57. The summed E-state index contributed by atoms with van der Waals surface area (Å²) in [6.07, 6.45) is 1.63. The topological polar surface area (TPSA) is 64.7 Å². The predicted octanol–water partition coefficient (Wildman–Crippen LogP) is 1.71. The molecule has 2 N–H and O–H groups in total. The standard InChI is InChI=1S/C20H40N4O2/c1-15(17(25)22-19(2,3)4)24-11-9-16(10-12-24)18(26)21-13-20(5,6)14-23(7)8/h15-16H,9-14H2,1-8H3,(H,21,26)(H,22,25)/t15-/m0/s1. The zero-order chi connectivity index (χ0) is 20.1. The summed E-state index contributed by atoms with van der Waals surface area (Å²) in [4.78, 5) is 29.2. The maximum Gasteiger partial charge on any atom is 0.237 e. The molecule has 0 aromatic heterocycles. The lowest BCUT2D eigenvalue weighted by atomic mass is 9.91. The van der Waals surface area contributed by atoms with Crippen molar-refractivity contribution >= 4 is 11.8 Å². The summed E-state index contributed by atoms with van der Waals surface area (Å²) in [5.41, 5.74) is -0.164. The minimum atomic E-state index is -0.219. The first-order chi connectivity index (χ1) is 11.8. The molecule has 0 unspecified atom stereocenters. The van der Waals surface area contributed by atoms with E-state index in [2.05, 4.69) is 48.4 Å². The molecule has 6 heteroatoms. The van der Waals surface area contributed by atoms with Crippen molar-refractivity contribution < 1.29 is 9.59 Å². The van der Waals surface area contributed by atoms with Gasteiger partial charge in [0, 0.05) is 24.5 Å². The quantitative estimate of drug-likeness (QED) is 0.718. The molecule has 0 aromatic rings. The minimum Gasteiger partial charge on any atom is -0.355 e. The van der Waals surface area contributed by atoms with E-state index in [-0.39, 0.29) is 34.7 Å². The Kier molecular flexibility index (Phi) is 8.08. The maximum atomic E-state index is 12.5. The summed E-state index contributed by atoms with van der Waals surface area (Å²) in [6.45, 7) is 15.5. The molecule has 0 spiro atoms. The highest BCUT2D eigenvalue weighted by Gasteiger charge is 2.31. The van der Waals surface area contributed by atoms with E-state index in [0.29, 0.717) is 6.54 Å². The van der Waals surface area contributed by atoms with Gasteiger partial charge in [-0.15, -0.1) is 0 Å². The number of hydrogen-bond acceptors (Lipinski definition) is 4. The van der Waals surface area contributed by atoms with Gasteiger partial charge in [0.1, 0.15) is 0 Å².